The van der Waals surface area contributed by atoms with Crippen molar-refractivity contribution in [3.05, 3.63) is 56.7 Å². The van der Waals surface area contributed by atoms with Crippen molar-refractivity contribution in [1.29, 1.82) is 0 Å². The molecule has 3 nitrogen and oxygen atoms in total. The van der Waals surface area contributed by atoms with Gasteiger partial charge in [-0.1, -0.05) is 29.8 Å². The Morgan fingerprint density at radius 1 is 1.30 bits per heavy atom. The topological polar surface area (TPSA) is 29.5 Å². The Bertz CT molecular complexity index is 698. The van der Waals surface area contributed by atoms with Crippen LogP contribution in [0.5, 0.6) is 0 Å². The first-order valence-corrected chi connectivity index (χ1v) is 9.06. The Labute approximate surface area is 145 Å². The average molecular weight is 350 g/mol. The number of benzene rings is 1. The van der Waals surface area contributed by atoms with Crippen LogP contribution in [-0.4, -0.2) is 23.5 Å². The number of hydrogen-bond donors (Lipinski definition) is 0. The summed E-state index contributed by atoms with van der Waals surface area (Å²) in [5.74, 6) is -0.230. The van der Waals surface area contributed by atoms with E-state index < -0.39 is 6.04 Å². The first kappa shape index (κ1) is 16.5. The SMILES string of the molecule is CC(C)OC(=O)[C@H](c1ccccc1Cl)N1CCc2sccc2C1. The molecule has 0 saturated carbocycles. The maximum Gasteiger partial charge on any atom is 0.328 e. The Balaban J connectivity index is 1.93. The molecule has 1 aromatic carbocycles. The molecule has 0 spiro atoms. The molecule has 0 amide bonds. The summed E-state index contributed by atoms with van der Waals surface area (Å²) < 4.78 is 5.51. The standard InChI is InChI=1S/C18H20ClNO2S/c1-12(2)22-18(21)17(14-5-3-4-6-15(14)19)20-9-7-16-13(11-20)8-10-23-16/h3-6,8,10,12,17H,7,9,11H2,1-2H3/t17-/m0/s1. The van der Waals surface area contributed by atoms with E-state index in [1.54, 1.807) is 11.3 Å². The number of carbonyl (C=O) groups excluding carboxylic acids is 1. The lowest BCUT2D eigenvalue weighted by Gasteiger charge is -2.34. The van der Waals surface area contributed by atoms with Crippen LogP contribution in [0.1, 0.15) is 35.9 Å². The minimum Gasteiger partial charge on any atom is -0.462 e. The minimum absolute atomic E-state index is 0.144. The summed E-state index contributed by atoms with van der Waals surface area (Å²) in [6.45, 7) is 5.32. The molecule has 1 aliphatic rings. The van der Waals surface area contributed by atoms with Crippen LogP contribution in [0.15, 0.2) is 35.7 Å². The van der Waals surface area contributed by atoms with Crippen molar-refractivity contribution in [2.75, 3.05) is 6.54 Å². The molecular formula is C18H20ClNO2S. The predicted molar refractivity (Wildman–Crippen MR) is 93.9 cm³/mol. The molecular weight excluding hydrogens is 330 g/mol. The van der Waals surface area contributed by atoms with Gasteiger partial charge in [-0.2, -0.15) is 0 Å². The summed E-state index contributed by atoms with van der Waals surface area (Å²) in [7, 11) is 0. The van der Waals surface area contributed by atoms with Gasteiger partial charge in [-0.05, 0) is 48.9 Å². The Morgan fingerprint density at radius 3 is 2.83 bits per heavy atom. The van der Waals surface area contributed by atoms with E-state index in [0.717, 1.165) is 25.1 Å². The summed E-state index contributed by atoms with van der Waals surface area (Å²) in [5, 5.41) is 2.72. The van der Waals surface area contributed by atoms with Gasteiger partial charge in [-0.25, -0.2) is 4.79 Å². The van der Waals surface area contributed by atoms with Gasteiger partial charge in [-0.15, -0.1) is 11.3 Å². The third-order valence-corrected chi connectivity index (χ3v) is 5.34. The fourth-order valence-corrected chi connectivity index (χ4v) is 4.09. The number of thiophene rings is 1. The normalized spacial score (nSPS) is 16.2. The molecule has 122 valence electrons. The predicted octanol–water partition coefficient (Wildman–Crippen LogP) is 4.45. The summed E-state index contributed by atoms with van der Waals surface area (Å²) in [4.78, 5) is 16.3. The molecule has 5 heteroatoms. The molecule has 0 N–H and O–H groups in total. The molecule has 23 heavy (non-hydrogen) atoms. The molecule has 1 aromatic heterocycles. The van der Waals surface area contributed by atoms with Crippen molar-refractivity contribution >= 4 is 28.9 Å². The Kier molecular flexibility index (Phi) is 5.05. The molecule has 0 radical (unpaired) electrons. The molecule has 0 saturated heterocycles. The molecule has 0 aliphatic carbocycles. The number of nitrogens with zero attached hydrogens (tertiary/aromatic N) is 1. The van der Waals surface area contributed by atoms with Gasteiger partial charge in [0.25, 0.3) is 0 Å². The van der Waals surface area contributed by atoms with E-state index in [4.69, 9.17) is 16.3 Å². The van der Waals surface area contributed by atoms with Gasteiger partial charge in [-0.3, -0.25) is 4.90 Å². The van der Waals surface area contributed by atoms with Gasteiger partial charge in [0.1, 0.15) is 6.04 Å². The van der Waals surface area contributed by atoms with Crippen LogP contribution in [0.25, 0.3) is 0 Å². The van der Waals surface area contributed by atoms with E-state index in [0.29, 0.717) is 5.02 Å². The van der Waals surface area contributed by atoms with Crippen LogP contribution in [0, 0.1) is 0 Å². The second-order valence-electron chi connectivity index (χ2n) is 6.00. The lowest BCUT2D eigenvalue weighted by Crippen LogP contribution is -2.39. The smallest absolute Gasteiger partial charge is 0.328 e. The molecule has 0 fully saturated rings. The number of ether oxygens (including phenoxy) is 1. The van der Waals surface area contributed by atoms with Gasteiger partial charge in [0, 0.05) is 23.0 Å². The number of carbonyl (C=O) groups is 1. The second-order valence-corrected chi connectivity index (χ2v) is 7.41. The Hall–Kier alpha value is -1.36. The van der Waals surface area contributed by atoms with Crippen molar-refractivity contribution < 1.29 is 9.53 Å². The van der Waals surface area contributed by atoms with E-state index in [1.165, 1.54) is 10.4 Å². The van der Waals surface area contributed by atoms with E-state index in [2.05, 4.69) is 16.3 Å². The van der Waals surface area contributed by atoms with Crippen LogP contribution in [0.3, 0.4) is 0 Å². The third kappa shape index (κ3) is 3.60. The maximum absolute atomic E-state index is 12.7. The lowest BCUT2D eigenvalue weighted by molar-refractivity contribution is -0.154. The minimum atomic E-state index is -0.459. The first-order valence-electron chi connectivity index (χ1n) is 7.80. The van der Waals surface area contributed by atoms with Crippen molar-refractivity contribution in [1.82, 2.24) is 4.90 Å². The lowest BCUT2D eigenvalue weighted by atomic mass is 10.0. The fraction of sp³-hybridized carbons (Fsp3) is 0.389. The zero-order valence-corrected chi connectivity index (χ0v) is 14.9. The highest BCUT2D eigenvalue weighted by atomic mass is 35.5. The molecule has 2 aromatic rings. The highest BCUT2D eigenvalue weighted by molar-refractivity contribution is 7.10. The van der Waals surface area contributed by atoms with Gasteiger partial charge < -0.3 is 4.74 Å². The van der Waals surface area contributed by atoms with Crippen LogP contribution in [-0.2, 0) is 22.5 Å². The first-order chi connectivity index (χ1) is 11.1. The third-order valence-electron chi connectivity index (χ3n) is 3.98. The average Bonchev–Trinajstić information content (AvgIpc) is 2.96. The number of fused-ring (bicyclic) bond motifs is 1. The van der Waals surface area contributed by atoms with Crippen molar-refractivity contribution in [2.24, 2.45) is 0 Å². The zero-order valence-electron chi connectivity index (χ0n) is 13.3. The van der Waals surface area contributed by atoms with E-state index in [9.17, 15) is 4.79 Å². The second kappa shape index (κ2) is 7.04. The van der Waals surface area contributed by atoms with Crippen molar-refractivity contribution in [2.45, 2.75) is 39.0 Å². The zero-order chi connectivity index (χ0) is 16.4. The fourth-order valence-electron chi connectivity index (χ4n) is 2.96. The van der Waals surface area contributed by atoms with E-state index in [1.807, 2.05) is 38.1 Å². The number of esters is 1. The summed E-state index contributed by atoms with van der Waals surface area (Å²) >= 11 is 8.15. The van der Waals surface area contributed by atoms with Crippen LogP contribution < -0.4 is 0 Å². The quantitative estimate of drug-likeness (QED) is 0.763. The Morgan fingerprint density at radius 2 is 2.09 bits per heavy atom. The molecule has 0 bridgehead atoms. The number of rotatable bonds is 4. The summed E-state index contributed by atoms with van der Waals surface area (Å²) in [5.41, 5.74) is 2.12. The molecule has 3 rings (SSSR count). The highest BCUT2D eigenvalue weighted by Crippen LogP contribution is 2.34. The van der Waals surface area contributed by atoms with Crippen LogP contribution in [0.4, 0.5) is 0 Å². The van der Waals surface area contributed by atoms with Crippen LogP contribution >= 0.6 is 22.9 Å². The van der Waals surface area contributed by atoms with Gasteiger partial charge in [0.15, 0.2) is 0 Å². The summed E-state index contributed by atoms with van der Waals surface area (Å²) in [6, 6.07) is 9.22. The molecule has 1 aliphatic heterocycles. The van der Waals surface area contributed by atoms with E-state index >= 15 is 0 Å². The van der Waals surface area contributed by atoms with Crippen LogP contribution in [0.2, 0.25) is 5.02 Å². The van der Waals surface area contributed by atoms with Gasteiger partial charge in [0.2, 0.25) is 0 Å². The largest absolute Gasteiger partial charge is 0.462 e. The van der Waals surface area contributed by atoms with Crippen molar-refractivity contribution in [3.63, 3.8) is 0 Å². The molecule has 0 unspecified atom stereocenters. The maximum atomic E-state index is 12.7. The summed E-state index contributed by atoms with van der Waals surface area (Å²) in [6.07, 6.45) is 0.817. The molecule has 2 heterocycles. The number of hydrogen-bond acceptors (Lipinski definition) is 4. The van der Waals surface area contributed by atoms with Gasteiger partial charge in [0.05, 0.1) is 6.10 Å². The van der Waals surface area contributed by atoms with E-state index in [-0.39, 0.29) is 12.1 Å². The highest BCUT2D eigenvalue weighted by Gasteiger charge is 2.33. The molecule has 1 atom stereocenters. The monoisotopic (exact) mass is 349 g/mol. The van der Waals surface area contributed by atoms with Crippen molar-refractivity contribution in [3.8, 4) is 0 Å². The number of halogens is 1. The van der Waals surface area contributed by atoms with Gasteiger partial charge >= 0.3 is 5.97 Å².